The number of hydrogen-bond acceptors (Lipinski definition) is 8. The van der Waals surface area contributed by atoms with Gasteiger partial charge in [-0.15, -0.1) is 0 Å². The van der Waals surface area contributed by atoms with Gasteiger partial charge in [-0.3, -0.25) is 0 Å². The summed E-state index contributed by atoms with van der Waals surface area (Å²) >= 11 is 0. The first-order valence-corrected chi connectivity index (χ1v) is 15.9. The molecule has 3 fully saturated rings. The van der Waals surface area contributed by atoms with E-state index in [2.05, 4.69) is 76.2 Å². The van der Waals surface area contributed by atoms with Crippen molar-refractivity contribution in [2.45, 2.75) is 116 Å². The van der Waals surface area contributed by atoms with Crippen LogP contribution in [0.2, 0.25) is 0 Å². The second-order valence-corrected chi connectivity index (χ2v) is 12.6. The predicted octanol–water partition coefficient (Wildman–Crippen LogP) is 7.45. The van der Waals surface area contributed by atoms with Crippen LogP contribution < -0.4 is 10.6 Å². The van der Waals surface area contributed by atoms with E-state index in [0.717, 1.165) is 29.9 Å². The Labute approximate surface area is 253 Å². The van der Waals surface area contributed by atoms with Gasteiger partial charge in [-0.05, 0) is 76.4 Å². The van der Waals surface area contributed by atoms with Gasteiger partial charge in [0.05, 0.1) is 6.20 Å². The zero-order valence-corrected chi connectivity index (χ0v) is 26.6. The normalized spacial score (nSPS) is 17.5. The van der Waals surface area contributed by atoms with Gasteiger partial charge in [0.1, 0.15) is 17.9 Å². The first kappa shape index (κ1) is 33.4. The molecule has 3 aromatic rings. The lowest BCUT2D eigenvalue weighted by atomic mass is 9.95. The minimum Gasteiger partial charge on any atom is -0.445 e. The molecule has 0 aromatic carbocycles. The summed E-state index contributed by atoms with van der Waals surface area (Å²) in [5.74, 6) is 4.76. The van der Waals surface area contributed by atoms with Crippen molar-refractivity contribution in [1.82, 2.24) is 35.6 Å². The van der Waals surface area contributed by atoms with E-state index < -0.39 is 0 Å². The van der Waals surface area contributed by atoms with Gasteiger partial charge in [0, 0.05) is 54.0 Å². The molecule has 5 heterocycles. The molecule has 3 aromatic heterocycles. The molecule has 0 spiro atoms. The maximum atomic E-state index is 5.72. The topological polar surface area (TPSA) is 102 Å². The largest absolute Gasteiger partial charge is 0.445 e. The molecule has 230 valence electrons. The first-order chi connectivity index (χ1) is 20.3. The maximum absolute atomic E-state index is 5.72. The number of nitrogens with zero attached hydrogens (tertiary/aromatic N) is 5. The van der Waals surface area contributed by atoms with Crippen molar-refractivity contribution in [3.63, 3.8) is 0 Å². The lowest BCUT2D eigenvalue weighted by Crippen LogP contribution is -2.16. The number of oxazole rings is 1. The number of nitrogens with one attached hydrogen (secondary N) is 2. The highest BCUT2D eigenvalue weighted by Crippen LogP contribution is 2.39. The van der Waals surface area contributed by atoms with E-state index in [1.807, 2.05) is 24.7 Å². The fraction of sp³-hybridized carbons (Fsp3) is 0.618. The lowest BCUT2D eigenvalue weighted by molar-refractivity contribution is 0.410. The van der Waals surface area contributed by atoms with E-state index in [1.165, 1.54) is 82.9 Å². The summed E-state index contributed by atoms with van der Waals surface area (Å²) < 4.78 is 5.72. The van der Waals surface area contributed by atoms with Gasteiger partial charge in [0.25, 0.3) is 0 Å². The van der Waals surface area contributed by atoms with Gasteiger partial charge in [-0.2, -0.15) is 0 Å². The molecule has 2 aliphatic heterocycles. The van der Waals surface area contributed by atoms with Crippen LogP contribution in [0.3, 0.4) is 0 Å². The highest BCUT2D eigenvalue weighted by molar-refractivity contribution is 5.16. The molecule has 0 atom stereocenters. The van der Waals surface area contributed by atoms with Gasteiger partial charge in [-0.1, -0.05) is 53.5 Å². The van der Waals surface area contributed by atoms with Crippen molar-refractivity contribution >= 4 is 0 Å². The molecule has 0 amide bonds. The van der Waals surface area contributed by atoms with E-state index >= 15 is 0 Å². The average Bonchev–Trinajstić information content (AvgIpc) is 3.64. The van der Waals surface area contributed by atoms with Crippen LogP contribution in [0.5, 0.6) is 0 Å². The summed E-state index contributed by atoms with van der Waals surface area (Å²) in [5.41, 5.74) is 1.31. The average molecular weight is 576 g/mol. The molecule has 0 radical (unpaired) electrons. The molecule has 2 aliphatic carbocycles. The van der Waals surface area contributed by atoms with Crippen molar-refractivity contribution in [1.29, 1.82) is 0 Å². The van der Waals surface area contributed by atoms with Crippen LogP contribution in [-0.4, -0.2) is 44.6 Å². The second-order valence-electron chi connectivity index (χ2n) is 12.6. The Hall–Kier alpha value is -3.13. The second kappa shape index (κ2) is 18.4. The van der Waals surface area contributed by atoms with Gasteiger partial charge in [0.2, 0.25) is 0 Å². The summed E-state index contributed by atoms with van der Waals surface area (Å²) in [6.45, 7) is 14.3. The zero-order chi connectivity index (χ0) is 30.0. The van der Waals surface area contributed by atoms with Gasteiger partial charge in [-0.25, -0.2) is 24.9 Å². The SMILES string of the molecule is C1=CNCC1.C1CCNC1.CC(C)(C)c1nccc(C2CC2)n1.CC(C)c1ncc(C2CCCC2)o1.c1cncnc1. The number of rotatable bonds is 3. The molecule has 2 N–H and O–H groups in total. The van der Waals surface area contributed by atoms with Gasteiger partial charge in [0.15, 0.2) is 5.89 Å². The van der Waals surface area contributed by atoms with Crippen molar-refractivity contribution in [3.8, 4) is 0 Å². The van der Waals surface area contributed by atoms with Crippen molar-refractivity contribution in [3.05, 3.63) is 78.7 Å². The van der Waals surface area contributed by atoms with Gasteiger partial charge >= 0.3 is 0 Å². The Morgan fingerprint density at radius 1 is 0.857 bits per heavy atom. The molecule has 8 heteroatoms. The van der Waals surface area contributed by atoms with Crippen LogP contribution in [0.25, 0.3) is 0 Å². The standard InChI is InChI=1S/C11H16N2.C11H17NO.C4H4N2.C4H9N.C4H7N/c1-11(2,3)10-12-7-6-9(13-10)8-4-5-8;1-8(2)11-12-7-10(13-11)9-5-3-4-6-9;1-2-5-4-6-3-1;2*1-2-4-5-3-1/h6-8H,4-5H2,1-3H3;7-9H,3-6H2,1-2H3;1-4H;5H,1-4H2;1,3,5H,2,4H2. The third-order valence-electron chi connectivity index (χ3n) is 7.26. The van der Waals surface area contributed by atoms with Crippen LogP contribution in [0.4, 0.5) is 0 Å². The molecule has 7 rings (SSSR count). The molecule has 2 saturated carbocycles. The Morgan fingerprint density at radius 2 is 1.57 bits per heavy atom. The molecular formula is C34H53N7O. The molecule has 1 saturated heterocycles. The predicted molar refractivity (Wildman–Crippen MR) is 170 cm³/mol. The third-order valence-corrected chi connectivity index (χ3v) is 7.26. The van der Waals surface area contributed by atoms with Crippen LogP contribution in [-0.2, 0) is 5.41 Å². The van der Waals surface area contributed by atoms with E-state index in [-0.39, 0.29) is 5.41 Å². The van der Waals surface area contributed by atoms with Crippen molar-refractivity contribution < 1.29 is 4.42 Å². The number of aromatic nitrogens is 5. The highest BCUT2D eigenvalue weighted by Gasteiger charge is 2.27. The molecular weight excluding hydrogens is 522 g/mol. The van der Waals surface area contributed by atoms with Crippen molar-refractivity contribution in [2.24, 2.45) is 0 Å². The monoisotopic (exact) mass is 575 g/mol. The fourth-order valence-electron chi connectivity index (χ4n) is 4.60. The lowest BCUT2D eigenvalue weighted by Gasteiger charge is -2.16. The molecule has 8 nitrogen and oxygen atoms in total. The van der Waals surface area contributed by atoms with E-state index in [4.69, 9.17) is 4.42 Å². The third kappa shape index (κ3) is 13.2. The smallest absolute Gasteiger partial charge is 0.196 e. The van der Waals surface area contributed by atoms with Crippen LogP contribution in [0.1, 0.15) is 133 Å². The van der Waals surface area contributed by atoms with E-state index in [9.17, 15) is 0 Å². The molecule has 4 aliphatic rings. The minimum atomic E-state index is 0.0743. The van der Waals surface area contributed by atoms with E-state index in [1.54, 1.807) is 18.5 Å². The minimum absolute atomic E-state index is 0.0743. The van der Waals surface area contributed by atoms with Crippen LogP contribution >= 0.6 is 0 Å². The Morgan fingerprint density at radius 3 is 1.98 bits per heavy atom. The summed E-state index contributed by atoms with van der Waals surface area (Å²) in [7, 11) is 0. The molecule has 42 heavy (non-hydrogen) atoms. The Bertz CT molecular complexity index is 1090. The fourth-order valence-corrected chi connectivity index (χ4v) is 4.60. The van der Waals surface area contributed by atoms with Crippen LogP contribution in [0.15, 0.2) is 59.9 Å². The summed E-state index contributed by atoms with van der Waals surface area (Å²) in [4.78, 5) is 20.5. The molecule has 0 unspecified atom stereocenters. The first-order valence-electron chi connectivity index (χ1n) is 15.9. The van der Waals surface area contributed by atoms with Gasteiger partial charge < -0.3 is 15.1 Å². The maximum Gasteiger partial charge on any atom is 0.196 e. The zero-order valence-electron chi connectivity index (χ0n) is 26.6. The quantitative estimate of drug-likeness (QED) is 0.332. The van der Waals surface area contributed by atoms with Crippen molar-refractivity contribution in [2.75, 3.05) is 19.6 Å². The Kier molecular flexibility index (Phi) is 14.6. The summed E-state index contributed by atoms with van der Waals surface area (Å²) in [5, 5.41) is 6.26. The highest BCUT2D eigenvalue weighted by atomic mass is 16.4. The summed E-state index contributed by atoms with van der Waals surface area (Å²) in [6, 6.07) is 3.83. The Balaban J connectivity index is 0.000000154. The number of hydrogen-bond donors (Lipinski definition) is 2. The molecule has 0 bridgehead atoms. The summed E-state index contributed by atoms with van der Waals surface area (Å²) in [6.07, 6.45) is 24.7. The van der Waals surface area contributed by atoms with E-state index in [0.29, 0.717) is 11.8 Å². The van der Waals surface area contributed by atoms with Crippen LogP contribution in [0, 0.1) is 0 Å².